The van der Waals surface area contributed by atoms with Crippen LogP contribution in [0.25, 0.3) is 11.3 Å². The first-order valence-corrected chi connectivity index (χ1v) is 9.13. The van der Waals surface area contributed by atoms with Crippen molar-refractivity contribution < 1.29 is 14.3 Å². The number of alkyl carbamates (subject to hydrolysis) is 1. The highest BCUT2D eigenvalue weighted by molar-refractivity contribution is 7.45. The number of thiazole rings is 1. The van der Waals surface area contributed by atoms with Crippen LogP contribution in [0.4, 0.5) is 9.93 Å². The predicted molar refractivity (Wildman–Crippen MR) is 104 cm³/mol. The van der Waals surface area contributed by atoms with E-state index in [1.165, 1.54) is 11.3 Å². The molecule has 2 rings (SSSR count). The van der Waals surface area contributed by atoms with Gasteiger partial charge in [-0.05, 0) is 33.8 Å². The number of carbonyl (C=O) groups is 2. The summed E-state index contributed by atoms with van der Waals surface area (Å²) >= 11 is 1.36. The molecule has 0 radical (unpaired) electrons. The summed E-state index contributed by atoms with van der Waals surface area (Å²) in [5.41, 5.74) is 2.34. The lowest BCUT2D eigenvalue weighted by molar-refractivity contribution is -0.115. The molecule has 0 spiro atoms. The normalized spacial score (nSPS) is 11.1. The Kier molecular flexibility index (Phi) is 6.14. The van der Waals surface area contributed by atoms with E-state index in [1.54, 1.807) is 20.8 Å². The van der Waals surface area contributed by atoms with Crippen LogP contribution in [0.3, 0.4) is 0 Å². The summed E-state index contributed by atoms with van der Waals surface area (Å²) < 4.78 is 6.02. The van der Waals surface area contributed by atoms with Crippen molar-refractivity contribution in [1.29, 1.82) is 0 Å². The molecule has 0 aliphatic rings. The fourth-order valence-electron chi connectivity index (χ4n) is 2.01. The molecule has 1 atom stereocenters. The third-order valence-electron chi connectivity index (χ3n) is 2.98. The molecular weight excluding hydrogens is 357 g/mol. The van der Waals surface area contributed by atoms with E-state index in [-0.39, 0.29) is 12.5 Å². The third-order valence-corrected chi connectivity index (χ3v) is 4.41. The molecule has 0 aliphatic carbocycles. The number of carbonyl (C=O) groups excluding carboxylic acids is 2. The molecule has 1 heterocycles. The lowest BCUT2D eigenvalue weighted by atomic mass is 10.1. The van der Waals surface area contributed by atoms with Crippen molar-refractivity contribution in [1.82, 2.24) is 10.3 Å². The fourth-order valence-corrected chi connectivity index (χ4v) is 3.35. The molecule has 0 bridgehead atoms. The molecule has 0 fully saturated rings. The lowest BCUT2D eigenvalue weighted by Crippen LogP contribution is -2.37. The maximum atomic E-state index is 12.0. The minimum atomic E-state index is -0.631. The molecule has 25 heavy (non-hydrogen) atoms. The molecule has 134 valence electrons. The van der Waals surface area contributed by atoms with Crippen LogP contribution in [0.1, 0.15) is 26.3 Å². The Morgan fingerprint density at radius 2 is 2.04 bits per heavy atom. The smallest absolute Gasteiger partial charge is 0.408 e. The SMILES string of the molecule is Cc1cccc(-c2nc(NC(=O)CNC(=O)OC(C)(C)C)sc2P)c1. The number of benzene rings is 1. The number of hydrogen-bond acceptors (Lipinski definition) is 5. The van der Waals surface area contributed by atoms with Gasteiger partial charge in [0.25, 0.3) is 0 Å². The number of rotatable bonds is 4. The first kappa shape index (κ1) is 19.3. The van der Waals surface area contributed by atoms with E-state index < -0.39 is 11.7 Å². The average Bonchev–Trinajstić information content (AvgIpc) is 2.84. The van der Waals surface area contributed by atoms with Crippen LogP contribution in [0.15, 0.2) is 24.3 Å². The molecule has 2 N–H and O–H groups in total. The highest BCUT2D eigenvalue weighted by Crippen LogP contribution is 2.25. The average molecular weight is 379 g/mol. The Hall–Kier alpha value is -1.98. The zero-order chi connectivity index (χ0) is 18.6. The maximum absolute atomic E-state index is 12.0. The summed E-state index contributed by atoms with van der Waals surface area (Å²) in [6.07, 6.45) is -0.631. The Labute approximate surface area is 153 Å². The number of nitrogens with one attached hydrogen (secondary N) is 2. The fraction of sp³-hybridized carbons (Fsp3) is 0.353. The van der Waals surface area contributed by atoms with E-state index in [1.807, 2.05) is 31.2 Å². The monoisotopic (exact) mass is 379 g/mol. The molecule has 2 amide bonds. The molecule has 1 aromatic heterocycles. The summed E-state index contributed by atoms with van der Waals surface area (Å²) in [4.78, 5) is 28.0. The van der Waals surface area contributed by atoms with Crippen LogP contribution in [0.5, 0.6) is 0 Å². The molecule has 6 nitrogen and oxygen atoms in total. The van der Waals surface area contributed by atoms with Crippen molar-refractivity contribution in [3.8, 4) is 11.3 Å². The molecule has 0 aliphatic heterocycles. The van der Waals surface area contributed by atoms with Crippen molar-refractivity contribution in [2.24, 2.45) is 0 Å². The van der Waals surface area contributed by atoms with Crippen LogP contribution < -0.4 is 15.3 Å². The van der Waals surface area contributed by atoms with Crippen molar-refractivity contribution >= 4 is 42.3 Å². The molecule has 0 saturated heterocycles. The van der Waals surface area contributed by atoms with Gasteiger partial charge in [-0.3, -0.25) is 4.79 Å². The topological polar surface area (TPSA) is 80.3 Å². The number of aromatic nitrogens is 1. The van der Waals surface area contributed by atoms with E-state index in [0.29, 0.717) is 5.13 Å². The molecule has 2 aromatic rings. The van der Waals surface area contributed by atoms with Gasteiger partial charge < -0.3 is 15.4 Å². The van der Waals surface area contributed by atoms with E-state index in [9.17, 15) is 9.59 Å². The summed E-state index contributed by atoms with van der Waals surface area (Å²) in [7, 11) is 2.64. The molecule has 1 unspecified atom stereocenters. The molecule has 0 saturated carbocycles. The van der Waals surface area contributed by atoms with E-state index in [4.69, 9.17) is 4.74 Å². The van der Waals surface area contributed by atoms with Gasteiger partial charge >= 0.3 is 6.09 Å². The number of nitrogens with zero attached hydrogens (tertiary/aromatic N) is 1. The number of ether oxygens (including phenoxy) is 1. The van der Waals surface area contributed by atoms with E-state index in [2.05, 4.69) is 24.9 Å². The second-order valence-corrected chi connectivity index (χ2v) is 8.53. The van der Waals surface area contributed by atoms with E-state index in [0.717, 1.165) is 21.4 Å². The first-order chi connectivity index (χ1) is 11.6. The highest BCUT2D eigenvalue weighted by Gasteiger charge is 2.17. The van der Waals surface area contributed by atoms with Gasteiger partial charge in [0.05, 0.1) is 10.3 Å². The molecular formula is C17H22N3O3PS. The number of amides is 2. The van der Waals surface area contributed by atoms with Crippen LogP contribution in [0.2, 0.25) is 0 Å². The quantitative estimate of drug-likeness (QED) is 0.800. The lowest BCUT2D eigenvalue weighted by Gasteiger charge is -2.19. The van der Waals surface area contributed by atoms with Crippen LogP contribution in [0, 0.1) is 6.92 Å². The van der Waals surface area contributed by atoms with Gasteiger partial charge in [0, 0.05) is 5.56 Å². The Balaban J connectivity index is 1.96. The van der Waals surface area contributed by atoms with Crippen molar-refractivity contribution in [2.75, 3.05) is 11.9 Å². The van der Waals surface area contributed by atoms with Gasteiger partial charge in [-0.15, -0.1) is 0 Å². The van der Waals surface area contributed by atoms with Gasteiger partial charge in [-0.25, -0.2) is 9.78 Å². The summed E-state index contributed by atoms with van der Waals surface area (Å²) in [6.45, 7) is 7.12. The summed E-state index contributed by atoms with van der Waals surface area (Å²) in [5, 5.41) is 5.59. The second-order valence-electron chi connectivity index (χ2n) is 6.50. The Morgan fingerprint density at radius 1 is 1.32 bits per heavy atom. The van der Waals surface area contributed by atoms with Crippen LogP contribution >= 0.6 is 20.6 Å². The van der Waals surface area contributed by atoms with Gasteiger partial charge in [-0.2, -0.15) is 0 Å². The zero-order valence-corrected chi connectivity index (χ0v) is 16.6. The Bertz CT molecular complexity index is 784. The Morgan fingerprint density at radius 3 is 2.68 bits per heavy atom. The maximum Gasteiger partial charge on any atom is 0.408 e. The predicted octanol–water partition coefficient (Wildman–Crippen LogP) is 3.08. The number of anilines is 1. The zero-order valence-electron chi connectivity index (χ0n) is 14.7. The molecule has 1 aromatic carbocycles. The third kappa shape index (κ3) is 6.11. The summed E-state index contributed by atoms with van der Waals surface area (Å²) in [6, 6.07) is 8.00. The van der Waals surface area contributed by atoms with Crippen LogP contribution in [-0.4, -0.2) is 29.1 Å². The van der Waals surface area contributed by atoms with Crippen molar-refractivity contribution in [3.63, 3.8) is 0 Å². The van der Waals surface area contributed by atoms with Gasteiger partial charge in [0.15, 0.2) is 5.13 Å². The summed E-state index contributed by atoms with van der Waals surface area (Å²) in [5.74, 6) is -0.361. The van der Waals surface area contributed by atoms with Gasteiger partial charge in [0.1, 0.15) is 12.1 Å². The standard InChI is InChI=1S/C17H22N3O3PS/c1-10-6-5-7-11(8-10)13-14(24)25-15(20-13)19-12(21)9-18-16(22)23-17(2,3)4/h5-8H,9,24H2,1-4H3,(H,18,22)(H,19,20,21). The van der Waals surface area contributed by atoms with Crippen molar-refractivity contribution in [3.05, 3.63) is 29.8 Å². The minimum Gasteiger partial charge on any atom is -0.444 e. The molecule has 8 heteroatoms. The number of hydrogen-bond donors (Lipinski definition) is 2. The second kappa shape index (κ2) is 7.93. The first-order valence-electron chi connectivity index (χ1n) is 7.74. The van der Waals surface area contributed by atoms with Gasteiger partial charge in [0.2, 0.25) is 5.91 Å². The number of aryl methyl sites for hydroxylation is 1. The van der Waals surface area contributed by atoms with E-state index >= 15 is 0 Å². The van der Waals surface area contributed by atoms with Crippen molar-refractivity contribution in [2.45, 2.75) is 33.3 Å². The van der Waals surface area contributed by atoms with Crippen LogP contribution in [-0.2, 0) is 9.53 Å². The largest absolute Gasteiger partial charge is 0.444 e. The highest BCUT2D eigenvalue weighted by atomic mass is 32.1. The van der Waals surface area contributed by atoms with Gasteiger partial charge in [-0.1, -0.05) is 44.3 Å². The minimum absolute atomic E-state index is 0.180.